The molecule has 0 aromatic heterocycles. The van der Waals surface area contributed by atoms with Gasteiger partial charge in [0.15, 0.2) is 0 Å². The highest BCUT2D eigenvalue weighted by Crippen LogP contribution is 2.78. The first kappa shape index (κ1) is 9.90. The summed E-state index contributed by atoms with van der Waals surface area (Å²) in [7, 11) is 0. The third-order valence-electron chi connectivity index (χ3n) is 6.72. The Hall–Kier alpha value is -0.0800. The second-order valence-corrected chi connectivity index (χ2v) is 7.39. The van der Waals surface area contributed by atoms with Gasteiger partial charge < -0.3 is 10.2 Å². The Morgan fingerprint density at radius 2 is 1.31 bits per heavy atom. The van der Waals surface area contributed by atoms with E-state index in [1.165, 1.54) is 25.7 Å². The summed E-state index contributed by atoms with van der Waals surface area (Å²) in [5, 5.41) is 21.0. The molecule has 2 bridgehead atoms. The van der Waals surface area contributed by atoms with Crippen LogP contribution >= 0.6 is 0 Å². The standard InChI is InChI=1S/C14H22O2/c1-13(2)11(15)9-7-3-4-8(10(9)12(13)16)14(7)5-6-14/h7-12,15-16H,3-6H2,1-2H3/t7-,8-,9+,10+,11-,12+/m1/s1. The molecule has 2 N–H and O–H groups in total. The highest BCUT2D eigenvalue weighted by molar-refractivity contribution is 5.23. The van der Waals surface area contributed by atoms with Gasteiger partial charge in [-0.15, -0.1) is 0 Å². The molecule has 0 aliphatic heterocycles. The molecule has 0 aromatic rings. The van der Waals surface area contributed by atoms with Gasteiger partial charge in [-0.2, -0.15) is 0 Å². The van der Waals surface area contributed by atoms with Gasteiger partial charge in [0.2, 0.25) is 0 Å². The van der Waals surface area contributed by atoms with Crippen LogP contribution in [0.25, 0.3) is 0 Å². The smallest absolute Gasteiger partial charge is 0.0650 e. The maximum Gasteiger partial charge on any atom is 0.0650 e. The molecule has 90 valence electrons. The van der Waals surface area contributed by atoms with Gasteiger partial charge >= 0.3 is 0 Å². The van der Waals surface area contributed by atoms with Crippen LogP contribution < -0.4 is 0 Å². The van der Waals surface area contributed by atoms with E-state index in [1.807, 2.05) is 13.8 Å². The average Bonchev–Trinajstić information content (AvgIpc) is 2.87. The predicted octanol–water partition coefficient (Wildman–Crippen LogP) is 1.80. The molecule has 2 nitrogen and oxygen atoms in total. The van der Waals surface area contributed by atoms with Gasteiger partial charge in [0.05, 0.1) is 12.2 Å². The lowest BCUT2D eigenvalue weighted by molar-refractivity contribution is -0.0272. The van der Waals surface area contributed by atoms with Gasteiger partial charge in [-0.1, -0.05) is 13.8 Å². The van der Waals surface area contributed by atoms with Crippen molar-refractivity contribution in [3.63, 3.8) is 0 Å². The molecule has 6 atom stereocenters. The third kappa shape index (κ3) is 0.799. The molecule has 16 heavy (non-hydrogen) atoms. The lowest BCUT2D eigenvalue weighted by atomic mass is 9.78. The van der Waals surface area contributed by atoms with Crippen molar-refractivity contribution in [2.75, 3.05) is 0 Å². The summed E-state index contributed by atoms with van der Waals surface area (Å²) in [6.07, 6.45) is 4.81. The van der Waals surface area contributed by atoms with Crippen molar-refractivity contribution in [3.8, 4) is 0 Å². The summed E-state index contributed by atoms with van der Waals surface area (Å²) < 4.78 is 0. The van der Waals surface area contributed by atoms with Gasteiger partial charge in [-0.05, 0) is 54.8 Å². The third-order valence-corrected chi connectivity index (χ3v) is 6.72. The van der Waals surface area contributed by atoms with Crippen LogP contribution in [0.5, 0.6) is 0 Å². The second kappa shape index (κ2) is 2.51. The van der Waals surface area contributed by atoms with Gasteiger partial charge in [0, 0.05) is 5.41 Å². The van der Waals surface area contributed by atoms with Crippen molar-refractivity contribution < 1.29 is 10.2 Å². The predicted molar refractivity (Wildman–Crippen MR) is 60.7 cm³/mol. The normalized spacial score (nSPS) is 59.2. The van der Waals surface area contributed by atoms with E-state index < -0.39 is 0 Å². The minimum absolute atomic E-state index is 0.278. The molecule has 2 heteroatoms. The summed E-state index contributed by atoms with van der Waals surface area (Å²) in [5.74, 6) is 2.28. The minimum atomic E-state index is -0.285. The lowest BCUT2D eigenvalue weighted by Gasteiger charge is -2.32. The zero-order chi connectivity index (χ0) is 11.3. The summed E-state index contributed by atoms with van der Waals surface area (Å²) in [6.45, 7) is 4.08. The molecule has 4 rings (SSSR count). The number of aliphatic hydroxyl groups excluding tert-OH is 2. The Balaban J connectivity index is 1.79. The number of aliphatic hydroxyl groups is 2. The van der Waals surface area contributed by atoms with Gasteiger partial charge in [-0.3, -0.25) is 0 Å². The van der Waals surface area contributed by atoms with Crippen molar-refractivity contribution in [2.24, 2.45) is 34.5 Å². The zero-order valence-electron chi connectivity index (χ0n) is 10.2. The molecule has 1 spiro atoms. The summed E-state index contributed by atoms with van der Waals surface area (Å²) >= 11 is 0. The van der Waals surface area contributed by atoms with Crippen LogP contribution in [-0.2, 0) is 0 Å². The molecule has 0 unspecified atom stereocenters. The van der Waals surface area contributed by atoms with Crippen LogP contribution in [0, 0.1) is 34.5 Å². The minimum Gasteiger partial charge on any atom is -0.392 e. The molecule has 0 heterocycles. The number of fused-ring (bicyclic) bond motifs is 3. The van der Waals surface area contributed by atoms with Gasteiger partial charge in [0.25, 0.3) is 0 Å². The Morgan fingerprint density at radius 1 is 0.875 bits per heavy atom. The van der Waals surface area contributed by atoms with Gasteiger partial charge in [0.1, 0.15) is 0 Å². The molecule has 4 saturated carbocycles. The SMILES string of the molecule is CC1(C)[C@H](O)[C@@H]2[C@H]([C@H]3CC[C@H]2C32CC2)[C@@H]1O. The van der Waals surface area contributed by atoms with Crippen LogP contribution in [0.15, 0.2) is 0 Å². The Bertz CT molecular complexity index is 317. The molecule has 4 aliphatic carbocycles. The largest absolute Gasteiger partial charge is 0.392 e. The van der Waals surface area contributed by atoms with Crippen LogP contribution in [0.3, 0.4) is 0 Å². The molecule has 0 saturated heterocycles. The van der Waals surface area contributed by atoms with E-state index in [2.05, 4.69) is 0 Å². The molecule has 4 fully saturated rings. The maximum absolute atomic E-state index is 10.5. The van der Waals surface area contributed by atoms with Crippen molar-refractivity contribution in [3.05, 3.63) is 0 Å². The van der Waals surface area contributed by atoms with E-state index in [0.717, 1.165) is 11.8 Å². The first-order valence-electron chi connectivity index (χ1n) is 6.86. The maximum atomic E-state index is 10.5. The fraction of sp³-hybridized carbons (Fsp3) is 1.00. The van der Waals surface area contributed by atoms with E-state index >= 15 is 0 Å². The van der Waals surface area contributed by atoms with Crippen molar-refractivity contribution in [2.45, 2.75) is 51.7 Å². The monoisotopic (exact) mass is 222 g/mol. The Labute approximate surface area is 97.0 Å². The van der Waals surface area contributed by atoms with Crippen molar-refractivity contribution in [1.82, 2.24) is 0 Å². The number of rotatable bonds is 0. The van der Waals surface area contributed by atoms with E-state index in [9.17, 15) is 10.2 Å². The number of hydrogen-bond acceptors (Lipinski definition) is 2. The van der Waals surface area contributed by atoms with E-state index in [4.69, 9.17) is 0 Å². The first-order valence-corrected chi connectivity index (χ1v) is 6.86. The van der Waals surface area contributed by atoms with Crippen LogP contribution in [0.1, 0.15) is 39.5 Å². The van der Waals surface area contributed by atoms with E-state index in [-0.39, 0.29) is 17.6 Å². The Kier molecular flexibility index (Phi) is 1.55. The van der Waals surface area contributed by atoms with Crippen LogP contribution in [0.2, 0.25) is 0 Å². The lowest BCUT2D eigenvalue weighted by Crippen LogP contribution is -2.37. The number of hydrogen-bond donors (Lipinski definition) is 2. The van der Waals surface area contributed by atoms with E-state index in [1.54, 1.807) is 0 Å². The van der Waals surface area contributed by atoms with Crippen molar-refractivity contribution >= 4 is 0 Å². The molecular weight excluding hydrogens is 200 g/mol. The highest BCUT2D eigenvalue weighted by Gasteiger charge is 2.75. The molecule has 0 radical (unpaired) electrons. The summed E-state index contributed by atoms with van der Waals surface area (Å²) in [4.78, 5) is 0. The quantitative estimate of drug-likeness (QED) is 0.656. The van der Waals surface area contributed by atoms with Crippen LogP contribution in [-0.4, -0.2) is 22.4 Å². The molecule has 0 aromatic carbocycles. The molecule has 0 amide bonds. The Morgan fingerprint density at radius 3 is 1.69 bits per heavy atom. The summed E-state index contributed by atoms with van der Waals surface area (Å²) in [5.41, 5.74) is 0.292. The van der Waals surface area contributed by atoms with Crippen molar-refractivity contribution in [1.29, 1.82) is 0 Å². The average molecular weight is 222 g/mol. The van der Waals surface area contributed by atoms with Crippen LogP contribution in [0.4, 0.5) is 0 Å². The zero-order valence-corrected chi connectivity index (χ0v) is 10.2. The van der Waals surface area contributed by atoms with Gasteiger partial charge in [-0.25, -0.2) is 0 Å². The van der Waals surface area contributed by atoms with E-state index in [0.29, 0.717) is 17.3 Å². The second-order valence-electron chi connectivity index (χ2n) is 7.39. The topological polar surface area (TPSA) is 40.5 Å². The molecular formula is C14H22O2. The highest BCUT2D eigenvalue weighted by atomic mass is 16.3. The fourth-order valence-electron chi connectivity index (χ4n) is 5.81. The fourth-order valence-corrected chi connectivity index (χ4v) is 5.81. The first-order chi connectivity index (χ1) is 7.50. The molecule has 4 aliphatic rings. The summed E-state index contributed by atoms with van der Waals surface area (Å²) in [6, 6.07) is 0.